The second-order valence-electron chi connectivity index (χ2n) is 7.11. The van der Waals surface area contributed by atoms with Crippen molar-refractivity contribution in [3.05, 3.63) is 29.3 Å². The molecule has 1 amide bonds. The molecule has 0 spiro atoms. The summed E-state index contributed by atoms with van der Waals surface area (Å²) in [5.41, 5.74) is 2.21. The molecule has 1 aromatic rings. The van der Waals surface area contributed by atoms with Crippen LogP contribution in [0.1, 0.15) is 43.7 Å². The number of hydrogen-bond donors (Lipinski definition) is 1. The van der Waals surface area contributed by atoms with Crippen LogP contribution < -0.4 is 10.1 Å². The number of carbonyl (C=O) groups is 1. The average molecular weight is 332 g/mol. The van der Waals surface area contributed by atoms with E-state index in [1.54, 1.807) is 0 Å². The molecule has 1 fully saturated rings. The number of benzene rings is 1. The van der Waals surface area contributed by atoms with Gasteiger partial charge in [-0.05, 0) is 82.8 Å². The van der Waals surface area contributed by atoms with Crippen LogP contribution in [0.4, 0.5) is 0 Å². The Morgan fingerprint density at radius 2 is 2.04 bits per heavy atom. The molecule has 0 aromatic heterocycles. The van der Waals surface area contributed by atoms with Gasteiger partial charge in [-0.1, -0.05) is 19.1 Å². The zero-order valence-electron chi connectivity index (χ0n) is 15.6. The van der Waals surface area contributed by atoms with Crippen LogP contribution in [0.2, 0.25) is 0 Å². The van der Waals surface area contributed by atoms with Gasteiger partial charge in [0.05, 0.1) is 0 Å². The van der Waals surface area contributed by atoms with Crippen molar-refractivity contribution in [3.8, 4) is 5.75 Å². The van der Waals surface area contributed by atoms with Gasteiger partial charge in [0.15, 0.2) is 6.10 Å². The molecule has 0 radical (unpaired) electrons. The minimum atomic E-state index is -0.414. The smallest absolute Gasteiger partial charge is 0.261 e. The molecule has 0 bridgehead atoms. The van der Waals surface area contributed by atoms with Crippen molar-refractivity contribution >= 4 is 5.91 Å². The Kier molecular flexibility index (Phi) is 7.10. The predicted octanol–water partition coefficient (Wildman–Crippen LogP) is 3.31. The van der Waals surface area contributed by atoms with Gasteiger partial charge < -0.3 is 15.0 Å². The van der Waals surface area contributed by atoms with Crippen molar-refractivity contribution in [1.82, 2.24) is 10.2 Å². The highest BCUT2D eigenvalue weighted by atomic mass is 16.5. The first-order valence-corrected chi connectivity index (χ1v) is 9.19. The number of ether oxygens (including phenoxy) is 1. The Morgan fingerprint density at radius 3 is 2.71 bits per heavy atom. The largest absolute Gasteiger partial charge is 0.480 e. The number of amides is 1. The Labute approximate surface area is 146 Å². The monoisotopic (exact) mass is 332 g/mol. The van der Waals surface area contributed by atoms with E-state index in [2.05, 4.69) is 23.3 Å². The highest BCUT2D eigenvalue weighted by Crippen LogP contribution is 2.22. The van der Waals surface area contributed by atoms with Crippen LogP contribution in [0.3, 0.4) is 0 Å². The van der Waals surface area contributed by atoms with Gasteiger partial charge >= 0.3 is 0 Å². The summed E-state index contributed by atoms with van der Waals surface area (Å²) < 4.78 is 5.97. The number of aryl methyl sites for hydroxylation is 2. The molecule has 0 aliphatic carbocycles. The number of rotatable bonds is 7. The fourth-order valence-electron chi connectivity index (χ4n) is 3.17. The van der Waals surface area contributed by atoms with Crippen molar-refractivity contribution in [3.63, 3.8) is 0 Å². The summed E-state index contributed by atoms with van der Waals surface area (Å²) in [6.45, 7) is 9.14. The van der Waals surface area contributed by atoms with Crippen molar-refractivity contribution in [2.75, 3.05) is 26.7 Å². The third kappa shape index (κ3) is 5.52. The van der Waals surface area contributed by atoms with Gasteiger partial charge in [0.1, 0.15) is 5.75 Å². The molecule has 1 heterocycles. The third-order valence-electron chi connectivity index (χ3n) is 4.97. The van der Waals surface area contributed by atoms with Crippen LogP contribution in [0.25, 0.3) is 0 Å². The number of nitrogens with zero attached hydrogens (tertiary/aromatic N) is 1. The molecule has 0 saturated carbocycles. The van der Waals surface area contributed by atoms with Crippen LogP contribution in [-0.4, -0.2) is 43.6 Å². The fraction of sp³-hybridized carbons (Fsp3) is 0.650. The standard InChI is InChI=1S/C20H32N2O2/c1-5-18(24-19-14-15(2)6-7-16(19)3)20(23)21-11-8-17-9-12-22(4)13-10-17/h6-7,14,17-18H,5,8-13H2,1-4H3,(H,21,23)/t18-/m1/s1. The van der Waals surface area contributed by atoms with E-state index in [1.807, 2.05) is 32.9 Å². The lowest BCUT2D eigenvalue weighted by Gasteiger charge is -2.29. The summed E-state index contributed by atoms with van der Waals surface area (Å²) in [5.74, 6) is 1.56. The van der Waals surface area contributed by atoms with Crippen LogP contribution in [0.5, 0.6) is 5.75 Å². The number of nitrogens with one attached hydrogen (secondary N) is 1. The topological polar surface area (TPSA) is 41.6 Å². The fourth-order valence-corrected chi connectivity index (χ4v) is 3.17. The number of likely N-dealkylation sites (tertiary alicyclic amines) is 1. The first-order valence-electron chi connectivity index (χ1n) is 9.19. The van der Waals surface area contributed by atoms with E-state index in [4.69, 9.17) is 4.74 Å². The van der Waals surface area contributed by atoms with Gasteiger partial charge in [0.2, 0.25) is 0 Å². The van der Waals surface area contributed by atoms with Crippen LogP contribution in [0, 0.1) is 19.8 Å². The molecule has 4 heteroatoms. The van der Waals surface area contributed by atoms with Gasteiger partial charge in [-0.25, -0.2) is 0 Å². The van der Waals surface area contributed by atoms with E-state index in [0.29, 0.717) is 6.42 Å². The number of hydrogen-bond acceptors (Lipinski definition) is 3. The predicted molar refractivity (Wildman–Crippen MR) is 98.5 cm³/mol. The summed E-state index contributed by atoms with van der Waals surface area (Å²) >= 11 is 0. The molecular formula is C20H32N2O2. The molecule has 4 nitrogen and oxygen atoms in total. The van der Waals surface area contributed by atoms with E-state index >= 15 is 0 Å². The molecule has 134 valence electrons. The van der Waals surface area contributed by atoms with Crippen LogP contribution in [0.15, 0.2) is 18.2 Å². The minimum absolute atomic E-state index is 0.00586. The first kappa shape index (κ1) is 18.8. The summed E-state index contributed by atoms with van der Waals surface area (Å²) in [6.07, 6.45) is 3.81. The second kappa shape index (κ2) is 9.07. The van der Waals surface area contributed by atoms with Crippen molar-refractivity contribution in [2.45, 2.75) is 52.6 Å². The van der Waals surface area contributed by atoms with E-state index in [-0.39, 0.29) is 5.91 Å². The van der Waals surface area contributed by atoms with Crippen LogP contribution in [-0.2, 0) is 4.79 Å². The quantitative estimate of drug-likeness (QED) is 0.833. The highest BCUT2D eigenvalue weighted by Gasteiger charge is 2.20. The van der Waals surface area contributed by atoms with Gasteiger partial charge in [-0.3, -0.25) is 4.79 Å². The lowest BCUT2D eigenvalue weighted by molar-refractivity contribution is -0.128. The maximum Gasteiger partial charge on any atom is 0.261 e. The molecule has 1 aliphatic rings. The number of carbonyl (C=O) groups excluding carboxylic acids is 1. The zero-order valence-corrected chi connectivity index (χ0v) is 15.6. The molecule has 1 saturated heterocycles. The van der Waals surface area contributed by atoms with Gasteiger partial charge in [-0.2, -0.15) is 0 Å². The molecule has 2 rings (SSSR count). The van der Waals surface area contributed by atoms with Gasteiger partial charge in [0, 0.05) is 6.54 Å². The van der Waals surface area contributed by atoms with Crippen molar-refractivity contribution < 1.29 is 9.53 Å². The summed E-state index contributed by atoms with van der Waals surface area (Å²) in [4.78, 5) is 14.8. The Balaban J connectivity index is 1.79. The maximum absolute atomic E-state index is 12.4. The highest BCUT2D eigenvalue weighted by molar-refractivity contribution is 5.81. The molecule has 1 atom stereocenters. The van der Waals surface area contributed by atoms with Gasteiger partial charge in [-0.15, -0.1) is 0 Å². The third-order valence-corrected chi connectivity index (χ3v) is 4.97. The average Bonchev–Trinajstić information content (AvgIpc) is 2.57. The van der Waals surface area contributed by atoms with E-state index in [1.165, 1.54) is 25.9 Å². The molecule has 1 aliphatic heterocycles. The minimum Gasteiger partial charge on any atom is -0.480 e. The molecule has 24 heavy (non-hydrogen) atoms. The van der Waals surface area contributed by atoms with E-state index < -0.39 is 6.10 Å². The Hall–Kier alpha value is -1.55. The van der Waals surface area contributed by atoms with E-state index in [0.717, 1.165) is 35.8 Å². The van der Waals surface area contributed by atoms with Gasteiger partial charge in [0.25, 0.3) is 5.91 Å². The second-order valence-corrected chi connectivity index (χ2v) is 7.11. The zero-order chi connectivity index (χ0) is 17.5. The van der Waals surface area contributed by atoms with E-state index in [9.17, 15) is 4.79 Å². The Bertz CT molecular complexity index is 536. The molecule has 1 aromatic carbocycles. The summed E-state index contributed by atoms with van der Waals surface area (Å²) in [5, 5.41) is 3.07. The molecule has 0 unspecified atom stereocenters. The summed E-state index contributed by atoms with van der Waals surface area (Å²) in [6, 6.07) is 6.10. The molecular weight excluding hydrogens is 300 g/mol. The lowest BCUT2D eigenvalue weighted by Crippen LogP contribution is -2.39. The lowest BCUT2D eigenvalue weighted by atomic mass is 9.94. The summed E-state index contributed by atoms with van der Waals surface area (Å²) in [7, 11) is 2.18. The number of piperidine rings is 1. The first-order chi connectivity index (χ1) is 11.5. The SMILES string of the molecule is CC[C@@H](Oc1cc(C)ccc1C)C(=O)NCCC1CCN(C)CC1. The Morgan fingerprint density at radius 1 is 1.33 bits per heavy atom. The maximum atomic E-state index is 12.4. The van der Waals surface area contributed by atoms with Crippen LogP contribution >= 0.6 is 0 Å². The molecule has 1 N–H and O–H groups in total. The normalized spacial score (nSPS) is 17.5. The van der Waals surface area contributed by atoms with Crippen molar-refractivity contribution in [1.29, 1.82) is 0 Å². The van der Waals surface area contributed by atoms with Crippen molar-refractivity contribution in [2.24, 2.45) is 5.92 Å².